The number of benzene rings is 2. The molecule has 0 saturated heterocycles. The van der Waals surface area contributed by atoms with Crippen LogP contribution in [0.15, 0.2) is 58.8 Å². The predicted molar refractivity (Wildman–Crippen MR) is 134 cm³/mol. The predicted octanol–water partition coefficient (Wildman–Crippen LogP) is 3.80. The van der Waals surface area contributed by atoms with Gasteiger partial charge in [-0.05, 0) is 43.3 Å². The molecule has 0 aliphatic carbocycles. The Morgan fingerprint density at radius 1 is 1.20 bits per heavy atom. The van der Waals surface area contributed by atoms with Crippen molar-refractivity contribution in [2.75, 3.05) is 20.0 Å². The minimum atomic E-state index is -0.457. The second-order valence-electron chi connectivity index (χ2n) is 6.90. The molecule has 1 amide bonds. The maximum absolute atomic E-state index is 12.2. The number of carbonyl (C=O) groups is 1. The standard InChI is InChI=1S/C23H24N6O5S/c1-4-28-22(17-11-12-19(33-2)20(14-17)34-3)26-27-23(28)35-15-21(30)25-24-13-7-9-16-8-5-6-10-18(16)29(31)32/h5-14H,4,15H2,1-3H3,(H,25,30)/b9-7+,24-13-. The zero-order chi connectivity index (χ0) is 25.2. The van der Waals surface area contributed by atoms with E-state index in [9.17, 15) is 14.9 Å². The van der Waals surface area contributed by atoms with E-state index in [1.165, 1.54) is 30.1 Å². The number of amides is 1. The summed E-state index contributed by atoms with van der Waals surface area (Å²) in [7, 11) is 3.14. The first-order valence-corrected chi connectivity index (χ1v) is 11.5. The fourth-order valence-corrected chi connectivity index (χ4v) is 3.92. The molecule has 0 unspecified atom stereocenters. The van der Waals surface area contributed by atoms with Crippen molar-refractivity contribution in [2.45, 2.75) is 18.6 Å². The number of para-hydroxylation sites is 1. The van der Waals surface area contributed by atoms with Gasteiger partial charge in [0.25, 0.3) is 11.6 Å². The van der Waals surface area contributed by atoms with Gasteiger partial charge < -0.3 is 14.0 Å². The molecule has 35 heavy (non-hydrogen) atoms. The molecule has 0 fully saturated rings. The van der Waals surface area contributed by atoms with E-state index < -0.39 is 4.92 Å². The molecule has 0 aliphatic rings. The Morgan fingerprint density at radius 2 is 1.97 bits per heavy atom. The first-order chi connectivity index (χ1) is 17.0. The Bertz CT molecular complexity index is 1260. The summed E-state index contributed by atoms with van der Waals surface area (Å²) in [6.07, 6.45) is 4.41. The maximum atomic E-state index is 12.2. The molecule has 11 nitrogen and oxygen atoms in total. The third kappa shape index (κ3) is 6.44. The number of nitrogens with zero attached hydrogens (tertiary/aromatic N) is 5. The van der Waals surface area contributed by atoms with Gasteiger partial charge in [0.05, 0.1) is 30.5 Å². The van der Waals surface area contributed by atoms with Crippen LogP contribution in [0.1, 0.15) is 12.5 Å². The number of allylic oxidation sites excluding steroid dienone is 1. The largest absolute Gasteiger partial charge is 0.493 e. The van der Waals surface area contributed by atoms with Crippen molar-refractivity contribution < 1.29 is 19.2 Å². The van der Waals surface area contributed by atoms with Crippen LogP contribution in [0.25, 0.3) is 17.5 Å². The molecular formula is C23H24N6O5S. The highest BCUT2D eigenvalue weighted by Gasteiger charge is 2.16. The second-order valence-corrected chi connectivity index (χ2v) is 7.84. The highest BCUT2D eigenvalue weighted by Crippen LogP contribution is 2.32. The van der Waals surface area contributed by atoms with E-state index >= 15 is 0 Å². The molecule has 1 aromatic heterocycles. The smallest absolute Gasteiger partial charge is 0.276 e. The van der Waals surface area contributed by atoms with Gasteiger partial charge in [0.1, 0.15) is 0 Å². The summed E-state index contributed by atoms with van der Waals surface area (Å²) in [5.74, 6) is 1.59. The van der Waals surface area contributed by atoms with E-state index in [1.54, 1.807) is 44.6 Å². The molecule has 1 N–H and O–H groups in total. The van der Waals surface area contributed by atoms with Crippen molar-refractivity contribution >= 4 is 35.6 Å². The quantitative estimate of drug-likeness (QED) is 0.183. The van der Waals surface area contributed by atoms with E-state index in [4.69, 9.17) is 9.47 Å². The number of hydrogen-bond acceptors (Lipinski definition) is 9. The average molecular weight is 497 g/mol. The molecular weight excluding hydrogens is 472 g/mol. The Morgan fingerprint density at radius 3 is 2.69 bits per heavy atom. The molecule has 0 saturated carbocycles. The van der Waals surface area contributed by atoms with Gasteiger partial charge in [-0.3, -0.25) is 14.9 Å². The summed E-state index contributed by atoms with van der Waals surface area (Å²) in [5.41, 5.74) is 3.66. The lowest BCUT2D eigenvalue weighted by Gasteiger charge is -2.10. The first kappa shape index (κ1) is 25.4. The molecule has 0 spiro atoms. The molecule has 12 heteroatoms. The molecule has 3 aromatic rings. The minimum absolute atomic E-state index is 0.00919. The van der Waals surface area contributed by atoms with Crippen molar-refractivity contribution in [3.63, 3.8) is 0 Å². The highest BCUT2D eigenvalue weighted by atomic mass is 32.2. The number of hydrazone groups is 1. The number of ether oxygens (including phenoxy) is 2. The van der Waals surface area contributed by atoms with Crippen molar-refractivity contribution in [3.8, 4) is 22.9 Å². The fourth-order valence-electron chi connectivity index (χ4n) is 3.13. The van der Waals surface area contributed by atoms with Crippen LogP contribution in [-0.2, 0) is 11.3 Å². The number of rotatable bonds is 11. The van der Waals surface area contributed by atoms with Crippen LogP contribution in [0.2, 0.25) is 0 Å². The molecule has 3 rings (SSSR count). The lowest BCUT2D eigenvalue weighted by atomic mass is 10.2. The van der Waals surface area contributed by atoms with E-state index in [2.05, 4.69) is 20.7 Å². The summed E-state index contributed by atoms with van der Waals surface area (Å²) in [6.45, 7) is 2.57. The van der Waals surface area contributed by atoms with Crippen molar-refractivity contribution in [1.29, 1.82) is 0 Å². The second kappa shape index (κ2) is 12.3. The van der Waals surface area contributed by atoms with Crippen LogP contribution in [0, 0.1) is 10.1 Å². The average Bonchev–Trinajstić information content (AvgIpc) is 3.29. The number of thioether (sulfide) groups is 1. The van der Waals surface area contributed by atoms with Crippen molar-refractivity contribution in [3.05, 3.63) is 64.2 Å². The van der Waals surface area contributed by atoms with Crippen molar-refractivity contribution in [2.24, 2.45) is 5.10 Å². The van der Waals surface area contributed by atoms with Crippen LogP contribution in [0.3, 0.4) is 0 Å². The summed E-state index contributed by atoms with van der Waals surface area (Å²) < 4.78 is 12.5. The number of hydrogen-bond donors (Lipinski definition) is 1. The molecule has 0 aliphatic heterocycles. The normalized spacial score (nSPS) is 11.2. The van der Waals surface area contributed by atoms with Gasteiger partial charge in [-0.2, -0.15) is 5.10 Å². The topological polar surface area (TPSA) is 134 Å². The minimum Gasteiger partial charge on any atom is -0.493 e. The van der Waals surface area contributed by atoms with Crippen LogP contribution in [0.5, 0.6) is 11.5 Å². The Labute approximate surface area is 206 Å². The lowest BCUT2D eigenvalue weighted by Crippen LogP contribution is -2.19. The molecule has 182 valence electrons. The number of aromatic nitrogens is 3. The van der Waals surface area contributed by atoms with Crippen LogP contribution in [-0.4, -0.2) is 51.8 Å². The zero-order valence-electron chi connectivity index (χ0n) is 19.4. The number of methoxy groups -OCH3 is 2. The monoisotopic (exact) mass is 496 g/mol. The van der Waals surface area contributed by atoms with Gasteiger partial charge in [0.15, 0.2) is 22.5 Å². The van der Waals surface area contributed by atoms with E-state index in [0.717, 1.165) is 5.56 Å². The summed E-state index contributed by atoms with van der Waals surface area (Å²) in [4.78, 5) is 22.7. The fraction of sp³-hybridized carbons (Fsp3) is 0.217. The van der Waals surface area contributed by atoms with E-state index in [-0.39, 0.29) is 17.3 Å². The van der Waals surface area contributed by atoms with E-state index in [1.807, 2.05) is 23.6 Å². The lowest BCUT2D eigenvalue weighted by molar-refractivity contribution is -0.385. The number of carbonyl (C=O) groups excluding carboxylic acids is 1. The van der Waals surface area contributed by atoms with Gasteiger partial charge in [0, 0.05) is 24.4 Å². The Kier molecular flexibility index (Phi) is 8.95. The SMILES string of the molecule is CCn1c(SCC(=O)N/N=C\C=C\c2ccccc2[N+](=O)[O-])nnc1-c1ccc(OC)c(OC)c1. The number of nitro groups is 1. The van der Waals surface area contributed by atoms with Gasteiger partial charge >= 0.3 is 0 Å². The molecule has 1 heterocycles. The van der Waals surface area contributed by atoms with Crippen LogP contribution >= 0.6 is 11.8 Å². The zero-order valence-corrected chi connectivity index (χ0v) is 20.2. The molecule has 0 radical (unpaired) electrons. The van der Waals surface area contributed by atoms with Gasteiger partial charge in [-0.1, -0.05) is 23.9 Å². The highest BCUT2D eigenvalue weighted by molar-refractivity contribution is 7.99. The third-order valence-electron chi connectivity index (χ3n) is 4.77. The summed E-state index contributed by atoms with van der Waals surface area (Å²) in [6, 6.07) is 11.8. The number of nitro benzene ring substituents is 1. The summed E-state index contributed by atoms with van der Waals surface area (Å²) >= 11 is 1.23. The van der Waals surface area contributed by atoms with Gasteiger partial charge in [-0.15, -0.1) is 10.2 Å². The molecule has 0 bridgehead atoms. The van der Waals surface area contributed by atoms with Crippen LogP contribution in [0.4, 0.5) is 5.69 Å². The maximum Gasteiger partial charge on any atom is 0.276 e. The van der Waals surface area contributed by atoms with Gasteiger partial charge in [0.2, 0.25) is 0 Å². The van der Waals surface area contributed by atoms with Crippen LogP contribution < -0.4 is 14.9 Å². The van der Waals surface area contributed by atoms with Gasteiger partial charge in [-0.25, -0.2) is 5.43 Å². The van der Waals surface area contributed by atoms with Crippen molar-refractivity contribution in [1.82, 2.24) is 20.2 Å². The Balaban J connectivity index is 1.59. The Hall–Kier alpha value is -4.19. The molecule has 2 aromatic carbocycles. The number of nitrogens with one attached hydrogen (secondary N) is 1. The first-order valence-electron chi connectivity index (χ1n) is 10.5. The third-order valence-corrected chi connectivity index (χ3v) is 5.73. The van der Waals surface area contributed by atoms with E-state index in [0.29, 0.717) is 34.6 Å². The molecule has 0 atom stereocenters. The summed E-state index contributed by atoms with van der Waals surface area (Å²) in [5, 5.41) is 24.0.